The highest BCUT2D eigenvalue weighted by Gasteiger charge is 2.14. The number of rotatable bonds is 0. The van der Waals surface area contributed by atoms with E-state index in [0.717, 1.165) is 0 Å². The van der Waals surface area contributed by atoms with E-state index >= 15 is 0 Å². The van der Waals surface area contributed by atoms with Gasteiger partial charge in [-0.3, -0.25) is 0 Å². The second-order valence-electron chi connectivity index (χ2n) is 1.78. The van der Waals surface area contributed by atoms with Crippen LogP contribution in [0.3, 0.4) is 0 Å². The van der Waals surface area contributed by atoms with Crippen molar-refractivity contribution < 1.29 is 8.42 Å². The molecule has 0 fully saturated rings. The van der Waals surface area contributed by atoms with E-state index in [9.17, 15) is 8.42 Å². The molecule has 0 aromatic heterocycles. The third kappa shape index (κ3) is 1.08. The van der Waals surface area contributed by atoms with E-state index in [4.69, 9.17) is 0 Å². The summed E-state index contributed by atoms with van der Waals surface area (Å²) in [7, 11) is -3.03. The first kappa shape index (κ1) is 5.78. The number of hydrogen-bond acceptors (Lipinski definition) is 2. The van der Waals surface area contributed by atoms with Gasteiger partial charge in [-0.25, -0.2) is 13.1 Å². The molecular formula is C4H7NO2S. The molecule has 0 aromatic rings. The lowest BCUT2D eigenvalue weighted by Crippen LogP contribution is -2.22. The van der Waals surface area contributed by atoms with Crippen molar-refractivity contribution in [1.29, 1.82) is 0 Å². The Kier molecular flexibility index (Phi) is 1.13. The van der Waals surface area contributed by atoms with Gasteiger partial charge in [0.25, 0.3) is 0 Å². The summed E-state index contributed by atoms with van der Waals surface area (Å²) in [6, 6.07) is -0.0278. The summed E-state index contributed by atoms with van der Waals surface area (Å²) in [6.07, 6.45) is 1.61. The van der Waals surface area contributed by atoms with Gasteiger partial charge in [0.15, 0.2) is 0 Å². The van der Waals surface area contributed by atoms with Crippen LogP contribution in [0, 0.1) is 0 Å². The molecular weight excluding hydrogens is 126 g/mol. The van der Waals surface area contributed by atoms with Gasteiger partial charge < -0.3 is 0 Å². The van der Waals surface area contributed by atoms with Crippen LogP contribution in [0.25, 0.3) is 0 Å². The minimum absolute atomic E-state index is 0.0278. The molecule has 1 aliphatic heterocycles. The molecule has 0 saturated carbocycles. The Labute approximate surface area is 48.4 Å². The number of nitrogens with one attached hydrogen (secondary N) is 1. The van der Waals surface area contributed by atoms with E-state index < -0.39 is 10.0 Å². The molecule has 0 aliphatic carbocycles. The van der Waals surface area contributed by atoms with Crippen LogP contribution >= 0.6 is 0 Å². The third-order valence-corrected chi connectivity index (χ3v) is 2.11. The van der Waals surface area contributed by atoms with Crippen LogP contribution in [0.2, 0.25) is 0 Å². The predicted molar refractivity (Wildman–Crippen MR) is 30.7 cm³/mol. The zero-order valence-corrected chi connectivity index (χ0v) is 5.27. The van der Waals surface area contributed by atoms with Crippen molar-refractivity contribution in [3.05, 3.63) is 11.5 Å². The summed E-state index contributed by atoms with van der Waals surface area (Å²) in [5.74, 6) is 0. The second-order valence-corrected chi connectivity index (χ2v) is 3.38. The molecule has 1 heterocycles. The topological polar surface area (TPSA) is 46.2 Å². The van der Waals surface area contributed by atoms with Crippen LogP contribution in [-0.4, -0.2) is 14.5 Å². The van der Waals surface area contributed by atoms with Crippen LogP contribution < -0.4 is 4.72 Å². The van der Waals surface area contributed by atoms with Gasteiger partial charge in [0.05, 0.1) is 0 Å². The van der Waals surface area contributed by atoms with Gasteiger partial charge in [-0.05, 0) is 6.92 Å². The van der Waals surface area contributed by atoms with E-state index in [1.54, 1.807) is 13.0 Å². The quantitative estimate of drug-likeness (QED) is 0.498. The highest BCUT2D eigenvalue weighted by molar-refractivity contribution is 7.92. The Morgan fingerprint density at radius 2 is 2.25 bits per heavy atom. The fourth-order valence-corrected chi connectivity index (χ4v) is 1.68. The van der Waals surface area contributed by atoms with Crippen LogP contribution in [0.15, 0.2) is 11.5 Å². The Morgan fingerprint density at radius 3 is 2.38 bits per heavy atom. The van der Waals surface area contributed by atoms with Crippen molar-refractivity contribution in [2.24, 2.45) is 0 Å². The maximum Gasteiger partial charge on any atom is 0.233 e. The van der Waals surface area contributed by atoms with Gasteiger partial charge >= 0.3 is 0 Å². The minimum Gasteiger partial charge on any atom is -0.208 e. The average molecular weight is 133 g/mol. The molecule has 0 amide bonds. The maximum absolute atomic E-state index is 10.4. The van der Waals surface area contributed by atoms with E-state index in [0.29, 0.717) is 0 Å². The van der Waals surface area contributed by atoms with Gasteiger partial charge in [-0.2, -0.15) is 0 Å². The molecule has 46 valence electrons. The molecule has 1 rings (SSSR count). The third-order valence-electron chi connectivity index (χ3n) is 0.897. The predicted octanol–water partition coefficient (Wildman–Crippen LogP) is -0.178. The van der Waals surface area contributed by atoms with Crippen LogP contribution in [0.4, 0.5) is 0 Å². The van der Waals surface area contributed by atoms with Gasteiger partial charge in [-0.1, -0.05) is 6.08 Å². The van der Waals surface area contributed by atoms with Crippen molar-refractivity contribution in [1.82, 2.24) is 4.72 Å². The van der Waals surface area contributed by atoms with Gasteiger partial charge in [0.1, 0.15) is 0 Å². The van der Waals surface area contributed by atoms with Gasteiger partial charge in [0, 0.05) is 11.4 Å². The molecule has 3 nitrogen and oxygen atoms in total. The van der Waals surface area contributed by atoms with E-state index in [2.05, 4.69) is 4.72 Å². The summed E-state index contributed by atoms with van der Waals surface area (Å²) in [5, 5.41) is 1.18. The molecule has 0 spiro atoms. The SMILES string of the molecule is CC1C=CS(=O)(=O)N1. The summed E-state index contributed by atoms with van der Waals surface area (Å²) in [6.45, 7) is 1.78. The molecule has 0 radical (unpaired) electrons. The van der Waals surface area contributed by atoms with Crippen molar-refractivity contribution in [2.75, 3.05) is 0 Å². The van der Waals surface area contributed by atoms with E-state index in [-0.39, 0.29) is 6.04 Å². The Bertz CT molecular complexity index is 204. The molecule has 0 bridgehead atoms. The minimum atomic E-state index is -3.03. The highest BCUT2D eigenvalue weighted by atomic mass is 32.2. The standard InChI is InChI=1S/C4H7NO2S/c1-4-2-3-8(6,7)5-4/h2-5H,1H3. The lowest BCUT2D eigenvalue weighted by Gasteiger charge is -1.95. The Hall–Kier alpha value is -0.350. The second kappa shape index (κ2) is 1.56. The molecule has 0 aromatic carbocycles. The van der Waals surface area contributed by atoms with Crippen molar-refractivity contribution in [3.8, 4) is 0 Å². The molecule has 0 saturated heterocycles. The summed E-state index contributed by atoms with van der Waals surface area (Å²) in [4.78, 5) is 0. The van der Waals surface area contributed by atoms with Crippen LogP contribution in [0.1, 0.15) is 6.92 Å². The number of hydrogen-bond donors (Lipinski definition) is 1. The molecule has 1 N–H and O–H groups in total. The molecule has 1 atom stereocenters. The summed E-state index contributed by atoms with van der Waals surface area (Å²) in [5.41, 5.74) is 0. The first-order valence-electron chi connectivity index (χ1n) is 2.31. The zero-order valence-electron chi connectivity index (χ0n) is 4.46. The van der Waals surface area contributed by atoms with Crippen molar-refractivity contribution in [2.45, 2.75) is 13.0 Å². The molecule has 1 unspecified atom stereocenters. The van der Waals surface area contributed by atoms with E-state index in [1.807, 2.05) is 0 Å². The van der Waals surface area contributed by atoms with E-state index in [1.165, 1.54) is 5.41 Å². The zero-order chi connectivity index (χ0) is 6.20. The largest absolute Gasteiger partial charge is 0.233 e. The lowest BCUT2D eigenvalue weighted by atomic mass is 10.4. The summed E-state index contributed by atoms with van der Waals surface area (Å²) >= 11 is 0. The lowest BCUT2D eigenvalue weighted by molar-refractivity contribution is 0.591. The fraction of sp³-hybridized carbons (Fsp3) is 0.500. The fourth-order valence-electron chi connectivity index (χ4n) is 0.559. The summed E-state index contributed by atoms with van der Waals surface area (Å²) < 4.78 is 23.2. The van der Waals surface area contributed by atoms with Crippen molar-refractivity contribution >= 4 is 10.0 Å². The monoisotopic (exact) mass is 133 g/mol. The average Bonchev–Trinajstić information content (AvgIpc) is 1.82. The Morgan fingerprint density at radius 1 is 1.62 bits per heavy atom. The van der Waals surface area contributed by atoms with Crippen LogP contribution in [0.5, 0.6) is 0 Å². The highest BCUT2D eigenvalue weighted by Crippen LogP contribution is 2.00. The molecule has 4 heteroatoms. The first-order chi connectivity index (χ1) is 3.60. The van der Waals surface area contributed by atoms with Crippen molar-refractivity contribution in [3.63, 3.8) is 0 Å². The van der Waals surface area contributed by atoms with Crippen LogP contribution in [-0.2, 0) is 10.0 Å². The Balaban J connectivity index is 2.89. The maximum atomic E-state index is 10.4. The first-order valence-corrected chi connectivity index (χ1v) is 3.85. The number of sulfonamides is 1. The smallest absolute Gasteiger partial charge is 0.208 e. The van der Waals surface area contributed by atoms with Gasteiger partial charge in [0.2, 0.25) is 10.0 Å². The van der Waals surface area contributed by atoms with Gasteiger partial charge in [-0.15, -0.1) is 0 Å². The normalized spacial score (nSPS) is 33.4. The molecule has 8 heavy (non-hydrogen) atoms. The molecule has 1 aliphatic rings.